The van der Waals surface area contributed by atoms with Gasteiger partial charge in [0, 0.05) is 30.9 Å². The van der Waals surface area contributed by atoms with E-state index >= 15 is 0 Å². The van der Waals surface area contributed by atoms with E-state index in [1.165, 1.54) is 17.3 Å². The van der Waals surface area contributed by atoms with Crippen LogP contribution < -0.4 is 4.90 Å². The van der Waals surface area contributed by atoms with Gasteiger partial charge in [-0.15, -0.1) is 0 Å². The predicted octanol–water partition coefficient (Wildman–Crippen LogP) is 5.38. The monoisotopic (exact) mass is 321 g/mol. The number of benzene rings is 2. The molecule has 0 aliphatic heterocycles. The average Bonchev–Trinajstić information content (AvgIpc) is 2.52. The van der Waals surface area contributed by atoms with Gasteiger partial charge in [-0.25, -0.2) is 0 Å². The average molecular weight is 321 g/mol. The summed E-state index contributed by atoms with van der Waals surface area (Å²) in [5, 5.41) is 0. The number of ketones is 1. The lowest BCUT2D eigenvalue weighted by Gasteiger charge is -2.27. The number of carbonyl (C=O) groups excluding carboxylic acids is 1. The lowest BCUT2D eigenvalue weighted by Crippen LogP contribution is -2.18. The molecular formula is C22H27NO. The zero-order chi connectivity index (χ0) is 17.9. The molecule has 0 saturated carbocycles. The lowest BCUT2D eigenvalue weighted by molar-refractivity contribution is 0.104. The molecule has 0 aliphatic carbocycles. The van der Waals surface area contributed by atoms with Gasteiger partial charge < -0.3 is 4.90 Å². The molecule has 2 heteroatoms. The van der Waals surface area contributed by atoms with Crippen molar-refractivity contribution in [1.29, 1.82) is 0 Å². The number of carbonyl (C=O) groups is 1. The second-order valence-electron chi connectivity index (χ2n) is 7.60. The highest BCUT2D eigenvalue weighted by atomic mass is 16.1. The zero-order valence-corrected chi connectivity index (χ0v) is 15.4. The Labute approximate surface area is 145 Å². The van der Waals surface area contributed by atoms with Crippen molar-refractivity contribution in [3.05, 3.63) is 66.2 Å². The van der Waals surface area contributed by atoms with E-state index in [1.54, 1.807) is 0 Å². The molecule has 2 rings (SSSR count). The highest BCUT2D eigenvalue weighted by Crippen LogP contribution is 2.37. The van der Waals surface area contributed by atoms with Crippen LogP contribution in [-0.4, -0.2) is 19.9 Å². The van der Waals surface area contributed by atoms with Crippen molar-refractivity contribution in [3.8, 4) is 11.1 Å². The molecule has 2 aromatic carbocycles. The van der Waals surface area contributed by atoms with Crippen LogP contribution in [0.2, 0.25) is 0 Å². The van der Waals surface area contributed by atoms with E-state index < -0.39 is 0 Å². The third-order valence-electron chi connectivity index (χ3n) is 3.91. The molecule has 2 nitrogen and oxygen atoms in total. The van der Waals surface area contributed by atoms with Crippen molar-refractivity contribution in [2.24, 2.45) is 5.41 Å². The Hall–Kier alpha value is -2.35. The molecule has 0 unspecified atom stereocenters. The Morgan fingerprint density at radius 1 is 1.12 bits per heavy atom. The number of anilines is 1. The predicted molar refractivity (Wildman–Crippen MR) is 104 cm³/mol. The van der Waals surface area contributed by atoms with Gasteiger partial charge in [-0.2, -0.15) is 0 Å². The Kier molecular flexibility index (Phi) is 5.28. The summed E-state index contributed by atoms with van der Waals surface area (Å²) in [6.45, 7) is 10.3. The Balaban J connectivity index is 2.77. The molecule has 0 aromatic heterocycles. The molecule has 0 heterocycles. The van der Waals surface area contributed by atoms with E-state index in [4.69, 9.17) is 0 Å². The van der Waals surface area contributed by atoms with Gasteiger partial charge in [-0.05, 0) is 41.2 Å². The van der Waals surface area contributed by atoms with Crippen molar-refractivity contribution in [2.45, 2.75) is 27.2 Å². The van der Waals surface area contributed by atoms with E-state index in [2.05, 4.69) is 58.5 Å². The molecule has 2 aromatic rings. The van der Waals surface area contributed by atoms with Crippen LogP contribution in [0, 0.1) is 5.41 Å². The topological polar surface area (TPSA) is 20.3 Å². The Morgan fingerprint density at radius 3 is 2.25 bits per heavy atom. The fraction of sp³-hybridized carbons (Fsp3) is 0.318. The van der Waals surface area contributed by atoms with Crippen LogP contribution in [0.3, 0.4) is 0 Å². The van der Waals surface area contributed by atoms with Crippen LogP contribution in [0.25, 0.3) is 11.1 Å². The molecular weight excluding hydrogens is 294 g/mol. The summed E-state index contributed by atoms with van der Waals surface area (Å²) in [4.78, 5) is 14.4. The molecule has 0 bridgehead atoms. The first kappa shape index (κ1) is 18.0. The molecule has 24 heavy (non-hydrogen) atoms. The fourth-order valence-electron chi connectivity index (χ4n) is 3.03. The third-order valence-corrected chi connectivity index (χ3v) is 3.91. The van der Waals surface area contributed by atoms with Gasteiger partial charge in [0.15, 0.2) is 5.78 Å². The van der Waals surface area contributed by atoms with Crippen molar-refractivity contribution in [3.63, 3.8) is 0 Å². The van der Waals surface area contributed by atoms with Crippen LogP contribution in [-0.2, 0) is 6.42 Å². The molecule has 0 N–H and O–H groups in total. The van der Waals surface area contributed by atoms with Gasteiger partial charge in [0.2, 0.25) is 0 Å². The first-order chi connectivity index (χ1) is 11.2. The SMILES string of the molecule is C=CC(=O)c1cc(CC(C)(C)C)c(N(C)C)c(-c2ccccc2)c1. The molecule has 126 valence electrons. The second-order valence-corrected chi connectivity index (χ2v) is 7.60. The van der Waals surface area contributed by atoms with Gasteiger partial charge >= 0.3 is 0 Å². The maximum Gasteiger partial charge on any atom is 0.185 e. The largest absolute Gasteiger partial charge is 0.377 e. The minimum atomic E-state index is -0.0346. The van der Waals surface area contributed by atoms with Crippen LogP contribution >= 0.6 is 0 Å². The maximum atomic E-state index is 12.3. The molecule has 0 aliphatic rings. The van der Waals surface area contributed by atoms with Crippen LogP contribution in [0.15, 0.2) is 55.1 Å². The minimum Gasteiger partial charge on any atom is -0.377 e. The van der Waals surface area contributed by atoms with Crippen molar-refractivity contribution >= 4 is 11.5 Å². The lowest BCUT2D eigenvalue weighted by atomic mass is 9.84. The summed E-state index contributed by atoms with van der Waals surface area (Å²) in [6.07, 6.45) is 2.29. The summed E-state index contributed by atoms with van der Waals surface area (Å²) < 4.78 is 0. The highest BCUT2D eigenvalue weighted by molar-refractivity contribution is 6.06. The quantitative estimate of drug-likeness (QED) is 0.544. The van der Waals surface area contributed by atoms with Crippen LogP contribution in [0.5, 0.6) is 0 Å². The minimum absolute atomic E-state index is 0.0346. The molecule has 0 fully saturated rings. The van der Waals surface area contributed by atoms with E-state index in [1.807, 2.05) is 30.3 Å². The maximum absolute atomic E-state index is 12.3. The number of hydrogen-bond donors (Lipinski definition) is 0. The number of hydrogen-bond acceptors (Lipinski definition) is 2. The Bertz CT molecular complexity index is 737. The van der Waals surface area contributed by atoms with Crippen molar-refractivity contribution in [2.75, 3.05) is 19.0 Å². The first-order valence-electron chi connectivity index (χ1n) is 8.29. The standard InChI is InChI=1S/C22H27NO/c1-7-20(24)17-13-18(15-22(2,3)4)21(23(5)6)19(14-17)16-11-9-8-10-12-16/h7-14H,1,15H2,2-6H3. The highest BCUT2D eigenvalue weighted by Gasteiger charge is 2.20. The van der Waals surface area contributed by atoms with Gasteiger partial charge in [0.25, 0.3) is 0 Å². The van der Waals surface area contributed by atoms with Gasteiger partial charge in [0.05, 0.1) is 0 Å². The van der Waals surface area contributed by atoms with E-state index in [-0.39, 0.29) is 11.2 Å². The third kappa shape index (κ3) is 4.14. The van der Waals surface area contributed by atoms with Crippen LogP contribution in [0.4, 0.5) is 5.69 Å². The van der Waals surface area contributed by atoms with E-state index in [0.717, 1.165) is 17.5 Å². The van der Waals surface area contributed by atoms with Gasteiger partial charge in [-0.1, -0.05) is 57.7 Å². The normalized spacial score (nSPS) is 11.2. The summed E-state index contributed by atoms with van der Waals surface area (Å²) in [6, 6.07) is 14.3. The van der Waals surface area contributed by atoms with E-state index in [0.29, 0.717) is 5.56 Å². The summed E-state index contributed by atoms with van der Waals surface area (Å²) in [7, 11) is 4.12. The smallest absolute Gasteiger partial charge is 0.185 e. The van der Waals surface area contributed by atoms with Crippen molar-refractivity contribution < 1.29 is 4.79 Å². The molecule has 0 saturated heterocycles. The van der Waals surface area contributed by atoms with Crippen molar-refractivity contribution in [1.82, 2.24) is 0 Å². The van der Waals surface area contributed by atoms with Gasteiger partial charge in [0.1, 0.15) is 0 Å². The zero-order valence-electron chi connectivity index (χ0n) is 15.4. The van der Waals surface area contributed by atoms with Gasteiger partial charge in [-0.3, -0.25) is 4.79 Å². The summed E-state index contributed by atoms with van der Waals surface area (Å²) in [5.74, 6) is -0.0346. The summed E-state index contributed by atoms with van der Waals surface area (Å²) in [5.41, 5.74) is 5.42. The molecule has 0 amide bonds. The molecule has 0 atom stereocenters. The molecule has 0 spiro atoms. The first-order valence-corrected chi connectivity index (χ1v) is 8.29. The Morgan fingerprint density at radius 2 is 1.75 bits per heavy atom. The summed E-state index contributed by atoms with van der Waals surface area (Å²) >= 11 is 0. The van der Waals surface area contributed by atoms with E-state index in [9.17, 15) is 4.79 Å². The molecule has 0 radical (unpaired) electrons. The van der Waals surface area contributed by atoms with Crippen LogP contribution in [0.1, 0.15) is 36.7 Å². The second kappa shape index (κ2) is 7.04. The fourth-order valence-corrected chi connectivity index (χ4v) is 3.03. The number of rotatable bonds is 5. The number of allylic oxidation sites excluding steroid dienone is 1. The number of nitrogens with zero attached hydrogens (tertiary/aromatic N) is 1.